The van der Waals surface area contributed by atoms with E-state index >= 15 is 0 Å². The summed E-state index contributed by atoms with van der Waals surface area (Å²) in [5.41, 5.74) is 1.23. The number of rotatable bonds is 3. The van der Waals surface area contributed by atoms with Gasteiger partial charge in [0.1, 0.15) is 5.75 Å². The first-order chi connectivity index (χ1) is 8.68. The molecule has 3 heteroatoms. The summed E-state index contributed by atoms with van der Waals surface area (Å²) in [4.78, 5) is 11.8. The average Bonchev–Trinajstić information content (AvgIpc) is 2.41. The minimum absolute atomic E-state index is 0.00553. The largest absolute Gasteiger partial charge is 0.506 e. The van der Waals surface area contributed by atoms with Crippen LogP contribution in [0.2, 0.25) is 5.02 Å². The maximum absolute atomic E-state index is 11.8. The lowest BCUT2D eigenvalue weighted by atomic mass is 10.1. The highest BCUT2D eigenvalue weighted by Gasteiger charge is 2.03. The summed E-state index contributed by atoms with van der Waals surface area (Å²) >= 11 is 5.91. The molecule has 0 amide bonds. The third-order valence-electron chi connectivity index (χ3n) is 2.48. The Hall–Kier alpha value is -2.06. The van der Waals surface area contributed by atoms with E-state index in [1.54, 1.807) is 30.3 Å². The molecule has 2 nitrogen and oxygen atoms in total. The maximum Gasteiger partial charge on any atom is 0.185 e. The van der Waals surface area contributed by atoms with Crippen molar-refractivity contribution >= 4 is 23.5 Å². The second-order valence-electron chi connectivity index (χ2n) is 3.74. The van der Waals surface area contributed by atoms with Gasteiger partial charge in [-0.3, -0.25) is 4.79 Å². The first kappa shape index (κ1) is 12.4. The molecular formula is C15H11ClO2. The Balaban J connectivity index is 2.22. The summed E-state index contributed by atoms with van der Waals surface area (Å²) in [5.74, 6) is -0.0963. The van der Waals surface area contributed by atoms with Gasteiger partial charge in [0.25, 0.3) is 0 Å². The fourth-order valence-electron chi connectivity index (χ4n) is 1.53. The van der Waals surface area contributed by atoms with Gasteiger partial charge in [0.2, 0.25) is 0 Å². The van der Waals surface area contributed by atoms with Crippen LogP contribution in [0.4, 0.5) is 0 Å². The Morgan fingerprint density at radius 2 is 1.78 bits per heavy atom. The van der Waals surface area contributed by atoms with Crippen molar-refractivity contribution < 1.29 is 9.90 Å². The van der Waals surface area contributed by atoms with E-state index in [1.165, 1.54) is 12.1 Å². The van der Waals surface area contributed by atoms with Crippen LogP contribution in [-0.2, 0) is 0 Å². The zero-order chi connectivity index (χ0) is 13.0. The van der Waals surface area contributed by atoms with Gasteiger partial charge >= 0.3 is 0 Å². The molecule has 0 radical (unpaired) electrons. The molecule has 1 N–H and O–H groups in total. The van der Waals surface area contributed by atoms with Crippen molar-refractivity contribution in [3.63, 3.8) is 0 Å². The summed E-state index contributed by atoms with van der Waals surface area (Å²) in [6, 6.07) is 13.9. The van der Waals surface area contributed by atoms with Crippen molar-refractivity contribution in [2.45, 2.75) is 0 Å². The molecule has 0 spiro atoms. The fraction of sp³-hybridized carbons (Fsp3) is 0. The van der Waals surface area contributed by atoms with E-state index in [4.69, 9.17) is 11.6 Å². The molecule has 0 aliphatic carbocycles. The second kappa shape index (κ2) is 5.52. The first-order valence-electron chi connectivity index (χ1n) is 5.43. The Kier molecular flexibility index (Phi) is 3.80. The molecule has 2 aromatic carbocycles. The van der Waals surface area contributed by atoms with Crippen LogP contribution in [-0.4, -0.2) is 10.9 Å². The third-order valence-corrected chi connectivity index (χ3v) is 2.89. The van der Waals surface area contributed by atoms with Gasteiger partial charge in [-0.15, -0.1) is 0 Å². The SMILES string of the molecule is O=C(C=Cc1cccc(O)c1Cl)c1ccccc1. The van der Waals surface area contributed by atoms with E-state index in [0.717, 1.165) is 0 Å². The minimum Gasteiger partial charge on any atom is -0.506 e. The molecule has 0 atom stereocenters. The smallest absolute Gasteiger partial charge is 0.185 e. The maximum atomic E-state index is 11.8. The van der Waals surface area contributed by atoms with E-state index in [9.17, 15) is 9.90 Å². The first-order valence-corrected chi connectivity index (χ1v) is 5.81. The van der Waals surface area contributed by atoms with Crippen molar-refractivity contribution in [3.8, 4) is 5.75 Å². The molecule has 0 saturated heterocycles. The van der Waals surface area contributed by atoms with Crippen LogP contribution in [0.15, 0.2) is 54.6 Å². The molecule has 2 rings (SSSR count). The standard InChI is InChI=1S/C15H11ClO2/c16-15-12(7-4-8-14(15)18)9-10-13(17)11-5-2-1-3-6-11/h1-10,18H. The van der Waals surface area contributed by atoms with Crippen LogP contribution in [0.1, 0.15) is 15.9 Å². The van der Waals surface area contributed by atoms with Crippen molar-refractivity contribution in [2.24, 2.45) is 0 Å². The number of phenolic OH excluding ortho intramolecular Hbond substituents is 1. The summed E-state index contributed by atoms with van der Waals surface area (Å²) in [6.07, 6.45) is 3.04. The molecule has 0 aromatic heterocycles. The molecule has 0 unspecified atom stereocenters. The second-order valence-corrected chi connectivity index (χ2v) is 4.12. The molecule has 18 heavy (non-hydrogen) atoms. The van der Waals surface area contributed by atoms with Crippen LogP contribution < -0.4 is 0 Å². The van der Waals surface area contributed by atoms with Crippen LogP contribution in [0, 0.1) is 0 Å². The summed E-state index contributed by atoms with van der Waals surface area (Å²) in [5, 5.41) is 9.68. The number of hydrogen-bond donors (Lipinski definition) is 1. The van der Waals surface area contributed by atoms with Gasteiger partial charge in [0.15, 0.2) is 5.78 Å². The average molecular weight is 259 g/mol. The van der Waals surface area contributed by atoms with Crippen LogP contribution in [0.5, 0.6) is 5.75 Å². The van der Waals surface area contributed by atoms with E-state index in [-0.39, 0.29) is 16.6 Å². The van der Waals surface area contributed by atoms with E-state index in [1.807, 2.05) is 18.2 Å². The van der Waals surface area contributed by atoms with Crippen LogP contribution >= 0.6 is 11.6 Å². The zero-order valence-electron chi connectivity index (χ0n) is 9.51. The predicted octanol–water partition coefficient (Wildman–Crippen LogP) is 3.94. The number of phenols is 1. The molecule has 2 aromatic rings. The Bertz CT molecular complexity index is 589. The highest BCUT2D eigenvalue weighted by molar-refractivity contribution is 6.33. The normalized spacial score (nSPS) is 10.7. The Morgan fingerprint density at radius 3 is 2.50 bits per heavy atom. The number of ketones is 1. The number of aromatic hydroxyl groups is 1. The molecule has 90 valence electrons. The van der Waals surface area contributed by atoms with E-state index in [2.05, 4.69) is 0 Å². The molecular weight excluding hydrogens is 248 g/mol. The number of carbonyl (C=O) groups excluding carboxylic acids is 1. The van der Waals surface area contributed by atoms with Crippen molar-refractivity contribution in [2.75, 3.05) is 0 Å². The fourth-order valence-corrected chi connectivity index (χ4v) is 1.72. The quantitative estimate of drug-likeness (QED) is 0.669. The van der Waals surface area contributed by atoms with Gasteiger partial charge in [0.05, 0.1) is 5.02 Å². The number of halogens is 1. The van der Waals surface area contributed by atoms with Gasteiger partial charge in [-0.2, -0.15) is 0 Å². The van der Waals surface area contributed by atoms with Gasteiger partial charge in [-0.25, -0.2) is 0 Å². The lowest BCUT2D eigenvalue weighted by Gasteiger charge is -2.00. The summed E-state index contributed by atoms with van der Waals surface area (Å²) < 4.78 is 0. The molecule has 0 aliphatic heterocycles. The van der Waals surface area contributed by atoms with Crippen LogP contribution in [0.3, 0.4) is 0 Å². The summed E-state index contributed by atoms with van der Waals surface area (Å²) in [6.45, 7) is 0. The van der Waals surface area contributed by atoms with Crippen molar-refractivity contribution in [3.05, 3.63) is 70.8 Å². The monoisotopic (exact) mass is 258 g/mol. The molecule has 0 heterocycles. The number of carbonyl (C=O) groups is 1. The molecule has 0 saturated carbocycles. The lowest BCUT2D eigenvalue weighted by molar-refractivity contribution is 0.104. The van der Waals surface area contributed by atoms with Crippen molar-refractivity contribution in [1.29, 1.82) is 0 Å². The van der Waals surface area contributed by atoms with E-state index in [0.29, 0.717) is 11.1 Å². The minimum atomic E-state index is -0.102. The molecule has 0 bridgehead atoms. The summed E-state index contributed by atoms with van der Waals surface area (Å²) in [7, 11) is 0. The highest BCUT2D eigenvalue weighted by atomic mass is 35.5. The number of benzene rings is 2. The van der Waals surface area contributed by atoms with Crippen molar-refractivity contribution in [1.82, 2.24) is 0 Å². The number of allylic oxidation sites excluding steroid dienone is 1. The zero-order valence-corrected chi connectivity index (χ0v) is 10.3. The van der Waals surface area contributed by atoms with Gasteiger partial charge in [0, 0.05) is 5.56 Å². The van der Waals surface area contributed by atoms with Gasteiger partial charge in [-0.05, 0) is 23.8 Å². The van der Waals surface area contributed by atoms with Gasteiger partial charge in [-0.1, -0.05) is 54.1 Å². The molecule has 0 aliphatic rings. The predicted molar refractivity (Wildman–Crippen MR) is 72.9 cm³/mol. The Morgan fingerprint density at radius 1 is 1.06 bits per heavy atom. The Labute approximate surface area is 110 Å². The topological polar surface area (TPSA) is 37.3 Å². The van der Waals surface area contributed by atoms with Crippen LogP contribution in [0.25, 0.3) is 6.08 Å². The molecule has 0 fully saturated rings. The van der Waals surface area contributed by atoms with E-state index < -0.39 is 0 Å². The van der Waals surface area contributed by atoms with Gasteiger partial charge < -0.3 is 5.11 Å². The number of hydrogen-bond acceptors (Lipinski definition) is 2. The lowest BCUT2D eigenvalue weighted by Crippen LogP contribution is -1.92. The third kappa shape index (κ3) is 2.79. The highest BCUT2D eigenvalue weighted by Crippen LogP contribution is 2.27.